The van der Waals surface area contributed by atoms with Gasteiger partial charge in [-0.3, -0.25) is 9.59 Å². The number of aromatic nitrogens is 1. The highest BCUT2D eigenvalue weighted by Gasteiger charge is 2.15. The smallest absolute Gasteiger partial charge is 0.267 e. The van der Waals surface area contributed by atoms with Gasteiger partial charge in [0, 0.05) is 5.57 Å². The molecule has 0 unspecified atom stereocenters. The van der Waals surface area contributed by atoms with Crippen LogP contribution in [0.1, 0.15) is 28.4 Å². The van der Waals surface area contributed by atoms with E-state index in [9.17, 15) is 9.59 Å². The highest BCUT2D eigenvalue weighted by Crippen LogP contribution is 2.25. The third-order valence-electron chi connectivity index (χ3n) is 4.28. The molecule has 128 valence electrons. The zero-order chi connectivity index (χ0) is 18.1. The number of carbonyl (C=O) groups excluding carboxylic acids is 1. The maximum Gasteiger partial charge on any atom is 0.267 e. The van der Waals surface area contributed by atoms with Crippen molar-refractivity contribution in [2.45, 2.75) is 20.8 Å². The number of hydrogen-bond acceptors (Lipinski definition) is 4. The van der Waals surface area contributed by atoms with Gasteiger partial charge in [0.2, 0.25) is 0 Å². The summed E-state index contributed by atoms with van der Waals surface area (Å²) in [6.45, 7) is 5.77. The molecule has 0 N–H and O–H groups in total. The van der Waals surface area contributed by atoms with E-state index in [-0.39, 0.29) is 10.6 Å². The summed E-state index contributed by atoms with van der Waals surface area (Å²) < 4.78 is 6.75. The Kier molecular flexibility index (Phi) is 4.59. The lowest BCUT2D eigenvalue weighted by atomic mass is 10.0. The van der Waals surface area contributed by atoms with Gasteiger partial charge in [0.05, 0.1) is 18.0 Å². The molecule has 1 heterocycles. The number of allylic oxidation sites excluding steroid dienone is 1. The van der Waals surface area contributed by atoms with Crippen LogP contribution >= 0.6 is 11.5 Å². The van der Waals surface area contributed by atoms with Crippen molar-refractivity contribution in [3.05, 3.63) is 68.2 Å². The van der Waals surface area contributed by atoms with Gasteiger partial charge < -0.3 is 4.74 Å². The SMILES string of the molecule is COc1cc(/C=C(\C)C(=O)n2sc(=O)c3ccccc32)cc(C)c1C. The Morgan fingerprint density at radius 3 is 2.64 bits per heavy atom. The molecule has 0 aliphatic carbocycles. The number of carbonyl (C=O) groups is 1. The fourth-order valence-electron chi connectivity index (χ4n) is 2.78. The molecule has 3 aromatic rings. The van der Waals surface area contributed by atoms with Crippen molar-refractivity contribution in [1.82, 2.24) is 3.96 Å². The maximum absolute atomic E-state index is 12.8. The number of ether oxygens (including phenoxy) is 1. The summed E-state index contributed by atoms with van der Waals surface area (Å²) in [4.78, 5) is 24.9. The van der Waals surface area contributed by atoms with Crippen LogP contribution in [0, 0.1) is 13.8 Å². The third-order valence-corrected chi connectivity index (χ3v) is 5.21. The molecule has 0 aliphatic rings. The van der Waals surface area contributed by atoms with Crippen LogP contribution < -0.4 is 9.48 Å². The van der Waals surface area contributed by atoms with E-state index >= 15 is 0 Å². The van der Waals surface area contributed by atoms with Crippen LogP contribution in [0.4, 0.5) is 0 Å². The number of hydrogen-bond donors (Lipinski definition) is 0. The summed E-state index contributed by atoms with van der Waals surface area (Å²) in [6, 6.07) is 11.1. The molecule has 0 amide bonds. The monoisotopic (exact) mass is 353 g/mol. The lowest BCUT2D eigenvalue weighted by Crippen LogP contribution is -2.08. The zero-order valence-corrected chi connectivity index (χ0v) is 15.4. The number of rotatable bonds is 3. The number of methoxy groups -OCH3 is 1. The molecule has 4 nitrogen and oxygen atoms in total. The van der Waals surface area contributed by atoms with Crippen molar-refractivity contribution in [3.63, 3.8) is 0 Å². The molecule has 0 fully saturated rings. The summed E-state index contributed by atoms with van der Waals surface area (Å²) in [5.74, 6) is 0.600. The lowest BCUT2D eigenvalue weighted by molar-refractivity contribution is 0.0972. The molecule has 25 heavy (non-hydrogen) atoms. The van der Waals surface area contributed by atoms with Gasteiger partial charge in [0.1, 0.15) is 5.75 Å². The molecule has 0 bridgehead atoms. The fourth-order valence-corrected chi connectivity index (χ4v) is 3.70. The van der Waals surface area contributed by atoms with Crippen molar-refractivity contribution < 1.29 is 9.53 Å². The number of fused-ring (bicyclic) bond motifs is 1. The first kappa shape index (κ1) is 17.2. The molecule has 0 spiro atoms. The van der Waals surface area contributed by atoms with Crippen LogP contribution in [-0.2, 0) is 0 Å². The average Bonchev–Trinajstić information content (AvgIpc) is 2.94. The van der Waals surface area contributed by atoms with Crippen LogP contribution in [0.5, 0.6) is 5.75 Å². The van der Waals surface area contributed by atoms with E-state index in [1.54, 1.807) is 32.2 Å². The van der Waals surface area contributed by atoms with E-state index in [1.807, 2.05) is 38.1 Å². The second kappa shape index (κ2) is 6.69. The van der Waals surface area contributed by atoms with Crippen LogP contribution in [0.2, 0.25) is 0 Å². The van der Waals surface area contributed by atoms with Gasteiger partial charge in [-0.05, 0) is 73.3 Å². The first-order chi connectivity index (χ1) is 11.9. The molecule has 0 atom stereocenters. The van der Waals surface area contributed by atoms with E-state index in [1.165, 1.54) is 3.96 Å². The first-order valence-electron chi connectivity index (χ1n) is 7.91. The van der Waals surface area contributed by atoms with Gasteiger partial charge >= 0.3 is 0 Å². The topological polar surface area (TPSA) is 48.3 Å². The number of nitrogens with zero attached hydrogens (tertiary/aromatic N) is 1. The van der Waals surface area contributed by atoms with Crippen LogP contribution in [0.15, 0.2) is 46.8 Å². The molecule has 0 saturated carbocycles. The highest BCUT2D eigenvalue weighted by atomic mass is 32.1. The third kappa shape index (κ3) is 3.15. The van der Waals surface area contributed by atoms with Gasteiger partial charge in [-0.2, -0.15) is 0 Å². The predicted octanol–water partition coefficient (Wildman–Crippen LogP) is 4.43. The van der Waals surface area contributed by atoms with E-state index in [4.69, 9.17) is 4.74 Å². The summed E-state index contributed by atoms with van der Waals surface area (Å²) >= 11 is 0.934. The van der Waals surface area contributed by atoms with Crippen molar-refractivity contribution in [1.29, 1.82) is 0 Å². The van der Waals surface area contributed by atoms with E-state index in [0.717, 1.165) is 34.0 Å². The van der Waals surface area contributed by atoms with E-state index in [2.05, 4.69) is 0 Å². The largest absolute Gasteiger partial charge is 0.496 e. The van der Waals surface area contributed by atoms with Crippen molar-refractivity contribution in [3.8, 4) is 5.75 Å². The number of para-hydroxylation sites is 1. The summed E-state index contributed by atoms with van der Waals surface area (Å²) in [5.41, 5.74) is 4.28. The molecule has 3 rings (SSSR count). The van der Waals surface area contributed by atoms with Crippen LogP contribution in [-0.4, -0.2) is 17.0 Å². The molecule has 0 saturated heterocycles. The highest BCUT2D eigenvalue weighted by molar-refractivity contribution is 7.06. The van der Waals surface area contributed by atoms with Crippen molar-refractivity contribution in [2.75, 3.05) is 7.11 Å². The molecular weight excluding hydrogens is 334 g/mol. The summed E-state index contributed by atoms with van der Waals surface area (Å²) in [6.07, 6.45) is 1.82. The molecule has 0 aliphatic heterocycles. The molecule has 5 heteroatoms. The normalized spacial score (nSPS) is 11.8. The molecule has 2 aromatic carbocycles. The van der Waals surface area contributed by atoms with Gasteiger partial charge in [0.25, 0.3) is 10.6 Å². The molecule has 1 aromatic heterocycles. The maximum atomic E-state index is 12.8. The average molecular weight is 353 g/mol. The fraction of sp³-hybridized carbons (Fsp3) is 0.200. The summed E-state index contributed by atoms with van der Waals surface area (Å²) in [7, 11) is 1.64. The standard InChI is InChI=1S/C20H19NO3S/c1-12-9-15(11-18(24-4)14(12)3)10-13(2)19(22)21-17-8-6-5-7-16(17)20(23)25-21/h5-11H,1-4H3/b13-10+. The predicted molar refractivity (Wildman–Crippen MR) is 103 cm³/mol. The van der Waals surface area contributed by atoms with Gasteiger partial charge in [-0.1, -0.05) is 18.2 Å². The summed E-state index contributed by atoms with van der Waals surface area (Å²) in [5, 5.41) is 0.571. The molecular formula is C20H19NO3S. The Morgan fingerprint density at radius 2 is 1.92 bits per heavy atom. The van der Waals surface area contributed by atoms with Crippen molar-refractivity contribution >= 4 is 34.4 Å². The second-order valence-electron chi connectivity index (χ2n) is 5.99. The lowest BCUT2D eigenvalue weighted by Gasteiger charge is -2.10. The van der Waals surface area contributed by atoms with Gasteiger partial charge in [-0.15, -0.1) is 0 Å². The minimum atomic E-state index is -0.194. The minimum absolute atomic E-state index is 0.107. The quantitative estimate of drug-likeness (QED) is 0.654. The Hall–Kier alpha value is -2.66. The van der Waals surface area contributed by atoms with Gasteiger partial charge in [-0.25, -0.2) is 3.96 Å². The Bertz CT molecular complexity index is 1060. The molecule has 0 radical (unpaired) electrons. The Labute approximate surface area is 150 Å². The van der Waals surface area contributed by atoms with Gasteiger partial charge in [0.15, 0.2) is 0 Å². The van der Waals surface area contributed by atoms with Crippen LogP contribution in [0.25, 0.3) is 17.0 Å². The number of benzene rings is 2. The Balaban J connectivity index is 2.04. The second-order valence-corrected chi connectivity index (χ2v) is 6.91. The zero-order valence-electron chi connectivity index (χ0n) is 14.6. The van der Waals surface area contributed by atoms with Crippen molar-refractivity contribution in [2.24, 2.45) is 0 Å². The minimum Gasteiger partial charge on any atom is -0.496 e. The van der Waals surface area contributed by atoms with Crippen LogP contribution in [0.3, 0.4) is 0 Å². The number of aryl methyl sites for hydroxylation is 1. The van der Waals surface area contributed by atoms with E-state index < -0.39 is 0 Å². The Morgan fingerprint density at radius 1 is 1.20 bits per heavy atom. The first-order valence-corrected chi connectivity index (χ1v) is 8.69. The van der Waals surface area contributed by atoms with E-state index in [0.29, 0.717) is 16.5 Å².